The van der Waals surface area contributed by atoms with Crippen molar-refractivity contribution in [3.05, 3.63) is 29.1 Å². The van der Waals surface area contributed by atoms with Crippen molar-refractivity contribution in [2.75, 3.05) is 13.2 Å². The van der Waals surface area contributed by atoms with Crippen molar-refractivity contribution >= 4 is 21.4 Å². The molecule has 0 atom stereocenters. The van der Waals surface area contributed by atoms with Gasteiger partial charge in [-0.15, -0.1) is 11.3 Å². The summed E-state index contributed by atoms with van der Waals surface area (Å²) in [6.07, 6.45) is 0. The molecule has 0 fully saturated rings. The van der Waals surface area contributed by atoms with Gasteiger partial charge in [0, 0.05) is 11.2 Å². The number of ether oxygens (including phenoxy) is 1. The molecule has 0 saturated heterocycles. The van der Waals surface area contributed by atoms with Gasteiger partial charge in [-0.2, -0.15) is 0 Å². The van der Waals surface area contributed by atoms with Gasteiger partial charge in [0.2, 0.25) is 0 Å². The number of thiophene rings is 1. The van der Waals surface area contributed by atoms with Crippen molar-refractivity contribution in [3.63, 3.8) is 0 Å². The van der Waals surface area contributed by atoms with E-state index in [9.17, 15) is 0 Å². The molecule has 0 saturated carbocycles. The second-order valence-corrected chi connectivity index (χ2v) is 4.13. The first kappa shape index (κ1) is 9.49. The lowest BCUT2D eigenvalue weighted by Crippen LogP contribution is -2.10. The van der Waals surface area contributed by atoms with E-state index in [-0.39, 0.29) is 0 Å². The summed E-state index contributed by atoms with van der Waals surface area (Å²) in [5.74, 6) is 0.907. The Balaban J connectivity index is 2.34. The van der Waals surface area contributed by atoms with Gasteiger partial charge in [-0.25, -0.2) is 0 Å². The first-order valence-electron chi connectivity index (χ1n) is 4.62. The van der Waals surface area contributed by atoms with Crippen LogP contribution in [0.3, 0.4) is 0 Å². The molecular weight excluding hydrogens is 194 g/mol. The SMILES string of the molecule is Cc1csc2ccc(OCCN)cc12. The first-order chi connectivity index (χ1) is 6.81. The summed E-state index contributed by atoms with van der Waals surface area (Å²) >= 11 is 1.77. The number of nitrogens with two attached hydrogens (primary N) is 1. The normalized spacial score (nSPS) is 10.7. The average Bonchev–Trinajstić information content (AvgIpc) is 2.57. The highest BCUT2D eigenvalue weighted by Gasteiger charge is 2.01. The first-order valence-corrected chi connectivity index (χ1v) is 5.50. The van der Waals surface area contributed by atoms with Crippen molar-refractivity contribution in [1.29, 1.82) is 0 Å². The van der Waals surface area contributed by atoms with E-state index in [4.69, 9.17) is 10.5 Å². The Kier molecular flexibility index (Phi) is 2.70. The van der Waals surface area contributed by atoms with E-state index < -0.39 is 0 Å². The van der Waals surface area contributed by atoms with Crippen LogP contribution in [0.15, 0.2) is 23.6 Å². The predicted octanol–water partition coefficient (Wildman–Crippen LogP) is 2.55. The van der Waals surface area contributed by atoms with Gasteiger partial charge in [-0.1, -0.05) is 0 Å². The fourth-order valence-electron chi connectivity index (χ4n) is 1.40. The molecule has 0 radical (unpaired) electrons. The Hall–Kier alpha value is -1.06. The summed E-state index contributed by atoms with van der Waals surface area (Å²) in [5.41, 5.74) is 6.68. The molecule has 14 heavy (non-hydrogen) atoms. The van der Waals surface area contributed by atoms with Crippen LogP contribution in [0.25, 0.3) is 10.1 Å². The smallest absolute Gasteiger partial charge is 0.120 e. The molecule has 2 nitrogen and oxygen atoms in total. The monoisotopic (exact) mass is 207 g/mol. The Labute approximate surface area is 87.3 Å². The molecule has 0 aliphatic heterocycles. The number of aryl methyl sites for hydroxylation is 1. The topological polar surface area (TPSA) is 35.2 Å². The van der Waals surface area contributed by atoms with Crippen LogP contribution < -0.4 is 10.5 Å². The molecule has 0 bridgehead atoms. The van der Waals surface area contributed by atoms with E-state index in [1.165, 1.54) is 15.6 Å². The van der Waals surface area contributed by atoms with E-state index >= 15 is 0 Å². The maximum Gasteiger partial charge on any atom is 0.120 e. The maximum absolute atomic E-state index is 5.47. The van der Waals surface area contributed by atoms with Crippen molar-refractivity contribution in [2.45, 2.75) is 6.92 Å². The van der Waals surface area contributed by atoms with Gasteiger partial charge in [0.25, 0.3) is 0 Å². The zero-order chi connectivity index (χ0) is 9.97. The van der Waals surface area contributed by atoms with Crippen molar-refractivity contribution in [3.8, 4) is 5.75 Å². The third kappa shape index (κ3) is 1.74. The van der Waals surface area contributed by atoms with Crippen LogP contribution in [0.4, 0.5) is 0 Å². The Bertz CT molecular complexity index is 436. The molecule has 0 amide bonds. The highest BCUT2D eigenvalue weighted by Crippen LogP contribution is 2.28. The molecule has 0 unspecified atom stereocenters. The second kappa shape index (κ2) is 3.98. The van der Waals surface area contributed by atoms with E-state index in [1.807, 2.05) is 6.07 Å². The number of rotatable bonds is 3. The summed E-state index contributed by atoms with van der Waals surface area (Å²) in [4.78, 5) is 0. The summed E-state index contributed by atoms with van der Waals surface area (Å²) in [7, 11) is 0. The third-order valence-corrected chi connectivity index (χ3v) is 3.21. The van der Waals surface area contributed by atoms with Crippen LogP contribution in [0.1, 0.15) is 5.56 Å². The lowest BCUT2D eigenvalue weighted by molar-refractivity contribution is 0.329. The lowest BCUT2D eigenvalue weighted by Gasteiger charge is -2.04. The molecule has 0 spiro atoms. The van der Waals surface area contributed by atoms with Gasteiger partial charge < -0.3 is 10.5 Å². The van der Waals surface area contributed by atoms with E-state index in [0.717, 1.165) is 5.75 Å². The van der Waals surface area contributed by atoms with E-state index in [2.05, 4.69) is 24.4 Å². The Morgan fingerprint density at radius 1 is 1.43 bits per heavy atom. The van der Waals surface area contributed by atoms with Crippen LogP contribution in [-0.4, -0.2) is 13.2 Å². The molecule has 2 aromatic rings. The van der Waals surface area contributed by atoms with Gasteiger partial charge in [0.05, 0.1) is 0 Å². The highest BCUT2D eigenvalue weighted by molar-refractivity contribution is 7.17. The van der Waals surface area contributed by atoms with Crippen LogP contribution in [0, 0.1) is 6.92 Å². The predicted molar refractivity (Wildman–Crippen MR) is 61.1 cm³/mol. The Morgan fingerprint density at radius 3 is 3.07 bits per heavy atom. The molecule has 2 rings (SSSR count). The van der Waals surface area contributed by atoms with Crippen LogP contribution in [0.2, 0.25) is 0 Å². The van der Waals surface area contributed by atoms with E-state index in [1.54, 1.807) is 11.3 Å². The third-order valence-electron chi connectivity index (χ3n) is 2.13. The summed E-state index contributed by atoms with van der Waals surface area (Å²) in [6.45, 7) is 3.25. The average molecular weight is 207 g/mol. The van der Waals surface area contributed by atoms with Crippen LogP contribution in [0.5, 0.6) is 5.75 Å². The molecule has 0 aliphatic rings. The second-order valence-electron chi connectivity index (χ2n) is 3.21. The molecule has 1 aromatic carbocycles. The minimum absolute atomic E-state index is 0.556. The van der Waals surface area contributed by atoms with Gasteiger partial charge in [0.15, 0.2) is 0 Å². The number of hydrogen-bond donors (Lipinski definition) is 1. The quantitative estimate of drug-likeness (QED) is 0.839. The Morgan fingerprint density at radius 2 is 2.29 bits per heavy atom. The lowest BCUT2D eigenvalue weighted by atomic mass is 10.2. The molecule has 74 valence electrons. The molecule has 1 heterocycles. The van der Waals surface area contributed by atoms with Gasteiger partial charge in [0.1, 0.15) is 12.4 Å². The fourth-order valence-corrected chi connectivity index (χ4v) is 2.33. The molecule has 2 N–H and O–H groups in total. The summed E-state index contributed by atoms with van der Waals surface area (Å²) in [6, 6.07) is 6.17. The molecular formula is C11H13NOS. The standard InChI is InChI=1S/C11H13NOS/c1-8-7-14-11-3-2-9(6-10(8)11)13-5-4-12/h2-3,6-7H,4-5,12H2,1H3. The van der Waals surface area contributed by atoms with Crippen molar-refractivity contribution in [2.24, 2.45) is 5.73 Å². The molecule has 1 aromatic heterocycles. The zero-order valence-corrected chi connectivity index (χ0v) is 8.93. The minimum Gasteiger partial charge on any atom is -0.492 e. The van der Waals surface area contributed by atoms with Crippen molar-refractivity contribution in [1.82, 2.24) is 0 Å². The fraction of sp³-hybridized carbons (Fsp3) is 0.273. The maximum atomic E-state index is 5.47. The van der Waals surface area contributed by atoms with Crippen LogP contribution in [-0.2, 0) is 0 Å². The molecule has 0 aliphatic carbocycles. The zero-order valence-electron chi connectivity index (χ0n) is 8.12. The van der Waals surface area contributed by atoms with Gasteiger partial charge in [-0.05, 0) is 41.5 Å². The number of hydrogen-bond acceptors (Lipinski definition) is 3. The summed E-state index contributed by atoms with van der Waals surface area (Å²) < 4.78 is 6.78. The number of fused-ring (bicyclic) bond motifs is 1. The van der Waals surface area contributed by atoms with Crippen LogP contribution >= 0.6 is 11.3 Å². The van der Waals surface area contributed by atoms with Gasteiger partial charge >= 0.3 is 0 Å². The largest absolute Gasteiger partial charge is 0.492 e. The highest BCUT2D eigenvalue weighted by atomic mass is 32.1. The summed E-state index contributed by atoms with van der Waals surface area (Å²) in [5, 5.41) is 3.45. The van der Waals surface area contributed by atoms with E-state index in [0.29, 0.717) is 13.2 Å². The number of benzene rings is 1. The van der Waals surface area contributed by atoms with Crippen molar-refractivity contribution < 1.29 is 4.74 Å². The molecule has 3 heteroatoms. The van der Waals surface area contributed by atoms with Gasteiger partial charge in [-0.3, -0.25) is 0 Å². The minimum atomic E-state index is 0.556.